The molecule has 0 radical (unpaired) electrons. The number of thioether (sulfide) groups is 1. The molecule has 1 aliphatic heterocycles. The largest absolute Gasteiger partial charge is 0.279 e. The summed E-state index contributed by atoms with van der Waals surface area (Å²) in [6, 6.07) is 10.0. The van der Waals surface area contributed by atoms with Gasteiger partial charge in [-0.15, -0.1) is 11.8 Å². The van der Waals surface area contributed by atoms with Crippen molar-refractivity contribution in [2.24, 2.45) is 5.92 Å². The lowest BCUT2D eigenvalue weighted by atomic mass is 10.0. The van der Waals surface area contributed by atoms with Gasteiger partial charge in [-0.05, 0) is 30.9 Å². The van der Waals surface area contributed by atoms with Crippen molar-refractivity contribution in [3.05, 3.63) is 30.3 Å². The molecule has 0 saturated carbocycles. The van der Waals surface area contributed by atoms with E-state index in [4.69, 9.17) is 0 Å². The first kappa shape index (κ1) is 15.8. The van der Waals surface area contributed by atoms with Gasteiger partial charge in [-0.3, -0.25) is 0 Å². The lowest BCUT2D eigenvalue weighted by Gasteiger charge is -2.29. The molecule has 0 aliphatic carbocycles. The summed E-state index contributed by atoms with van der Waals surface area (Å²) in [5.41, 5.74) is 0. The van der Waals surface area contributed by atoms with Crippen LogP contribution in [0.1, 0.15) is 19.8 Å². The zero-order valence-electron chi connectivity index (χ0n) is 11.8. The molecule has 0 bridgehead atoms. The number of hydrogen-bond acceptors (Lipinski definition) is 3. The molecule has 1 aromatic rings. The van der Waals surface area contributed by atoms with E-state index in [9.17, 15) is 8.42 Å². The molecule has 0 aromatic heterocycles. The quantitative estimate of drug-likeness (QED) is 0.648. The Morgan fingerprint density at radius 1 is 1.35 bits per heavy atom. The summed E-state index contributed by atoms with van der Waals surface area (Å²) < 4.78 is 28.6. The lowest BCUT2D eigenvalue weighted by molar-refractivity contribution is 0.278. The molecule has 112 valence electrons. The minimum atomic E-state index is -3.30. The van der Waals surface area contributed by atoms with Crippen molar-refractivity contribution < 1.29 is 8.42 Å². The first-order chi connectivity index (χ1) is 9.58. The Hall–Kier alpha value is -0.560. The minimum Gasteiger partial charge on any atom is -0.201 e. The van der Waals surface area contributed by atoms with Gasteiger partial charge in [0.25, 0.3) is 10.2 Å². The molecular formula is C14H22N2O2S2. The van der Waals surface area contributed by atoms with Crippen LogP contribution in [0.2, 0.25) is 0 Å². The number of rotatable bonds is 6. The van der Waals surface area contributed by atoms with Gasteiger partial charge in [-0.2, -0.15) is 12.7 Å². The summed E-state index contributed by atoms with van der Waals surface area (Å²) >= 11 is 1.66. The van der Waals surface area contributed by atoms with E-state index in [1.807, 2.05) is 30.3 Å². The highest BCUT2D eigenvalue weighted by Gasteiger charge is 2.26. The SMILES string of the molecule is CC1CCCN(S(=O)(=O)NCCSc2ccccc2)C1. The second kappa shape index (κ2) is 7.45. The number of hydrogen-bond donors (Lipinski definition) is 1. The molecule has 1 saturated heterocycles. The van der Waals surface area contributed by atoms with Crippen molar-refractivity contribution in [1.29, 1.82) is 0 Å². The summed E-state index contributed by atoms with van der Waals surface area (Å²) in [4.78, 5) is 1.17. The standard InChI is InChI=1S/C14H22N2O2S2/c1-13-6-5-10-16(12-13)20(17,18)15-9-11-19-14-7-3-2-4-8-14/h2-4,7-8,13,15H,5-6,9-12H2,1H3. The van der Waals surface area contributed by atoms with Gasteiger partial charge in [0.05, 0.1) is 0 Å². The van der Waals surface area contributed by atoms with Gasteiger partial charge in [-0.1, -0.05) is 25.1 Å². The summed E-state index contributed by atoms with van der Waals surface area (Å²) in [5, 5.41) is 0. The van der Waals surface area contributed by atoms with Crippen LogP contribution < -0.4 is 4.72 Å². The molecule has 1 aromatic carbocycles. The number of nitrogens with one attached hydrogen (secondary N) is 1. The Labute approximate surface area is 126 Å². The Kier molecular flexibility index (Phi) is 5.89. The van der Waals surface area contributed by atoms with Crippen LogP contribution in [-0.2, 0) is 10.2 Å². The van der Waals surface area contributed by atoms with Crippen LogP contribution in [0.25, 0.3) is 0 Å². The first-order valence-electron chi connectivity index (χ1n) is 7.00. The first-order valence-corrected chi connectivity index (χ1v) is 9.43. The zero-order chi connectivity index (χ0) is 14.4. The van der Waals surface area contributed by atoms with Gasteiger partial charge in [0, 0.05) is 30.3 Å². The molecule has 0 spiro atoms. The van der Waals surface area contributed by atoms with Gasteiger partial charge in [-0.25, -0.2) is 4.72 Å². The fourth-order valence-electron chi connectivity index (χ4n) is 2.31. The van der Waals surface area contributed by atoms with Gasteiger partial charge in [0.2, 0.25) is 0 Å². The third kappa shape index (κ3) is 4.77. The average molecular weight is 314 g/mol. The fraction of sp³-hybridized carbons (Fsp3) is 0.571. The highest BCUT2D eigenvalue weighted by atomic mass is 32.2. The van der Waals surface area contributed by atoms with Gasteiger partial charge >= 0.3 is 0 Å². The molecule has 1 aliphatic rings. The summed E-state index contributed by atoms with van der Waals surface area (Å²) in [6.07, 6.45) is 2.08. The van der Waals surface area contributed by atoms with Crippen molar-refractivity contribution in [3.63, 3.8) is 0 Å². The predicted octanol–water partition coefficient (Wildman–Crippen LogP) is 2.35. The Bertz CT molecular complexity index is 505. The van der Waals surface area contributed by atoms with Crippen molar-refractivity contribution in [2.75, 3.05) is 25.4 Å². The van der Waals surface area contributed by atoms with Gasteiger partial charge in [0.15, 0.2) is 0 Å². The zero-order valence-corrected chi connectivity index (χ0v) is 13.4. The van der Waals surface area contributed by atoms with E-state index in [1.54, 1.807) is 16.1 Å². The Morgan fingerprint density at radius 3 is 2.80 bits per heavy atom. The topological polar surface area (TPSA) is 49.4 Å². The molecule has 1 atom stereocenters. The maximum Gasteiger partial charge on any atom is 0.279 e. The number of benzene rings is 1. The molecule has 1 fully saturated rings. The summed E-state index contributed by atoms with van der Waals surface area (Å²) in [5.74, 6) is 1.20. The smallest absolute Gasteiger partial charge is 0.201 e. The molecule has 4 nitrogen and oxygen atoms in total. The number of piperidine rings is 1. The average Bonchev–Trinajstić information content (AvgIpc) is 2.45. The molecular weight excluding hydrogens is 292 g/mol. The normalized spacial score (nSPS) is 20.9. The van der Waals surface area contributed by atoms with E-state index in [1.165, 1.54) is 4.90 Å². The van der Waals surface area contributed by atoms with Crippen LogP contribution in [0.3, 0.4) is 0 Å². The lowest BCUT2D eigenvalue weighted by Crippen LogP contribution is -2.46. The van der Waals surface area contributed by atoms with Crippen LogP contribution in [0.5, 0.6) is 0 Å². The van der Waals surface area contributed by atoms with Crippen LogP contribution >= 0.6 is 11.8 Å². The Morgan fingerprint density at radius 2 is 2.10 bits per heavy atom. The van der Waals surface area contributed by atoms with Gasteiger partial charge in [0.1, 0.15) is 0 Å². The van der Waals surface area contributed by atoms with E-state index in [-0.39, 0.29) is 0 Å². The van der Waals surface area contributed by atoms with E-state index in [0.29, 0.717) is 25.6 Å². The van der Waals surface area contributed by atoms with Crippen LogP contribution in [-0.4, -0.2) is 38.1 Å². The molecule has 20 heavy (non-hydrogen) atoms. The number of nitrogens with zero attached hydrogens (tertiary/aromatic N) is 1. The van der Waals surface area contributed by atoms with E-state index < -0.39 is 10.2 Å². The van der Waals surface area contributed by atoms with E-state index in [0.717, 1.165) is 18.6 Å². The Balaban J connectivity index is 1.75. The fourth-order valence-corrected chi connectivity index (χ4v) is 4.59. The van der Waals surface area contributed by atoms with Crippen molar-refractivity contribution >= 4 is 22.0 Å². The van der Waals surface area contributed by atoms with Crippen LogP contribution in [0.4, 0.5) is 0 Å². The molecule has 2 rings (SSSR count). The molecule has 6 heteroatoms. The maximum atomic E-state index is 12.1. The van der Waals surface area contributed by atoms with Gasteiger partial charge < -0.3 is 0 Å². The second-order valence-electron chi connectivity index (χ2n) is 5.17. The molecule has 1 N–H and O–H groups in total. The predicted molar refractivity (Wildman–Crippen MR) is 84.1 cm³/mol. The third-order valence-corrected chi connectivity index (χ3v) is 5.95. The highest BCUT2D eigenvalue weighted by molar-refractivity contribution is 7.99. The van der Waals surface area contributed by atoms with Crippen molar-refractivity contribution in [3.8, 4) is 0 Å². The van der Waals surface area contributed by atoms with E-state index >= 15 is 0 Å². The summed E-state index contributed by atoms with van der Waals surface area (Å²) in [6.45, 7) is 3.85. The van der Waals surface area contributed by atoms with E-state index in [2.05, 4.69) is 11.6 Å². The highest BCUT2D eigenvalue weighted by Crippen LogP contribution is 2.18. The maximum absolute atomic E-state index is 12.1. The monoisotopic (exact) mass is 314 g/mol. The molecule has 0 amide bonds. The van der Waals surface area contributed by atoms with Crippen molar-refractivity contribution in [1.82, 2.24) is 9.03 Å². The van der Waals surface area contributed by atoms with Crippen LogP contribution in [0, 0.1) is 5.92 Å². The summed E-state index contributed by atoms with van der Waals surface area (Å²) in [7, 11) is -3.30. The minimum absolute atomic E-state index is 0.457. The third-order valence-electron chi connectivity index (χ3n) is 3.36. The van der Waals surface area contributed by atoms with Crippen LogP contribution in [0.15, 0.2) is 35.2 Å². The molecule has 1 heterocycles. The van der Waals surface area contributed by atoms with Crippen molar-refractivity contribution in [2.45, 2.75) is 24.7 Å². The second-order valence-corrected chi connectivity index (χ2v) is 8.09. The molecule has 1 unspecified atom stereocenters.